The van der Waals surface area contributed by atoms with Crippen LogP contribution in [0.1, 0.15) is 28.9 Å². The molecule has 2 aromatic rings. The minimum atomic E-state index is -0.267. The van der Waals surface area contributed by atoms with Gasteiger partial charge in [-0.15, -0.1) is 0 Å². The van der Waals surface area contributed by atoms with Gasteiger partial charge in [-0.3, -0.25) is 4.79 Å². The van der Waals surface area contributed by atoms with Gasteiger partial charge in [0.15, 0.2) is 5.78 Å². The van der Waals surface area contributed by atoms with E-state index in [4.69, 9.17) is 0 Å². The zero-order chi connectivity index (χ0) is 11.1. The number of hydrogen-bond donors (Lipinski definition) is 0. The third-order valence-electron chi connectivity index (χ3n) is 2.97. The Balaban J connectivity index is 2.30. The van der Waals surface area contributed by atoms with Gasteiger partial charge in [-0.2, -0.15) is 0 Å². The number of rotatable bonds is 0. The molecule has 1 aliphatic carbocycles. The van der Waals surface area contributed by atoms with Crippen molar-refractivity contribution in [2.24, 2.45) is 0 Å². The zero-order valence-corrected chi connectivity index (χ0v) is 8.66. The van der Waals surface area contributed by atoms with E-state index in [1.807, 2.05) is 6.07 Å². The van der Waals surface area contributed by atoms with Crippen LogP contribution in [0, 0.1) is 5.82 Å². The monoisotopic (exact) mass is 215 g/mol. The number of nitrogens with zero attached hydrogens (tertiary/aromatic N) is 1. The Morgan fingerprint density at radius 3 is 2.94 bits per heavy atom. The molecule has 0 unspecified atom stereocenters. The van der Waals surface area contributed by atoms with Crippen molar-refractivity contribution < 1.29 is 9.18 Å². The summed E-state index contributed by atoms with van der Waals surface area (Å²) in [5.74, 6) is -0.163. The van der Waals surface area contributed by atoms with E-state index in [0.717, 1.165) is 23.8 Å². The highest BCUT2D eigenvalue weighted by atomic mass is 19.1. The summed E-state index contributed by atoms with van der Waals surface area (Å²) < 4.78 is 13.1. The minimum Gasteiger partial charge on any atom is -0.292 e. The Morgan fingerprint density at radius 2 is 2.06 bits per heavy atom. The molecule has 2 nitrogen and oxygen atoms in total. The Bertz CT molecular complexity index is 592. The van der Waals surface area contributed by atoms with Gasteiger partial charge >= 0.3 is 0 Å². The van der Waals surface area contributed by atoms with E-state index in [1.54, 1.807) is 6.07 Å². The van der Waals surface area contributed by atoms with Crippen molar-refractivity contribution in [3.8, 4) is 0 Å². The molecule has 0 bridgehead atoms. The number of fused-ring (bicyclic) bond motifs is 2. The van der Waals surface area contributed by atoms with Gasteiger partial charge in [0.1, 0.15) is 11.5 Å². The molecule has 1 aromatic heterocycles. The molecule has 0 N–H and O–H groups in total. The molecule has 3 rings (SSSR count). The van der Waals surface area contributed by atoms with Gasteiger partial charge in [-0.05, 0) is 42.7 Å². The van der Waals surface area contributed by atoms with Gasteiger partial charge < -0.3 is 0 Å². The van der Waals surface area contributed by atoms with Gasteiger partial charge in [-0.1, -0.05) is 0 Å². The molecule has 1 aromatic carbocycles. The molecule has 0 fully saturated rings. The van der Waals surface area contributed by atoms with E-state index in [9.17, 15) is 9.18 Å². The van der Waals surface area contributed by atoms with Crippen LogP contribution in [0.2, 0.25) is 0 Å². The highest BCUT2D eigenvalue weighted by molar-refractivity contribution is 5.99. The summed E-state index contributed by atoms with van der Waals surface area (Å²) in [6.07, 6.45) is 2.31. The number of carbonyl (C=O) groups is 1. The highest BCUT2D eigenvalue weighted by Crippen LogP contribution is 2.24. The average molecular weight is 215 g/mol. The van der Waals surface area contributed by atoms with Crippen LogP contribution in [0.25, 0.3) is 10.9 Å². The summed E-state index contributed by atoms with van der Waals surface area (Å²) in [6, 6.07) is 6.33. The number of carbonyl (C=O) groups excluding carboxylic acids is 1. The van der Waals surface area contributed by atoms with Crippen LogP contribution < -0.4 is 0 Å². The fourth-order valence-electron chi connectivity index (χ4n) is 2.18. The lowest BCUT2D eigenvalue weighted by Crippen LogP contribution is -2.13. The summed E-state index contributed by atoms with van der Waals surface area (Å²) in [6.45, 7) is 0. The molecule has 0 amide bonds. The molecule has 1 heterocycles. The van der Waals surface area contributed by atoms with Gasteiger partial charge in [0.2, 0.25) is 0 Å². The lowest BCUT2D eigenvalue weighted by molar-refractivity contribution is 0.0967. The van der Waals surface area contributed by atoms with Crippen LogP contribution in [-0.4, -0.2) is 10.8 Å². The Morgan fingerprint density at radius 1 is 1.19 bits per heavy atom. The lowest BCUT2D eigenvalue weighted by Gasteiger charge is -2.14. The smallest absolute Gasteiger partial charge is 0.181 e. The van der Waals surface area contributed by atoms with Crippen LogP contribution in [-0.2, 0) is 6.42 Å². The van der Waals surface area contributed by atoms with E-state index in [1.165, 1.54) is 12.1 Å². The summed E-state index contributed by atoms with van der Waals surface area (Å²) in [7, 11) is 0. The zero-order valence-electron chi connectivity index (χ0n) is 8.66. The maximum Gasteiger partial charge on any atom is 0.181 e. The lowest BCUT2D eigenvalue weighted by atomic mass is 9.94. The minimum absolute atomic E-state index is 0.104. The van der Waals surface area contributed by atoms with E-state index in [-0.39, 0.29) is 11.6 Å². The van der Waals surface area contributed by atoms with Crippen molar-refractivity contribution in [2.75, 3.05) is 0 Å². The number of Topliss-reactive ketones (excluding diaryl/α,β-unsaturated/α-hetero) is 1. The Hall–Kier alpha value is -1.77. The standard InChI is InChI=1S/C13H10FNO/c14-10-4-5-11-9(7-10)6-8-2-1-3-12(16)13(8)15-11/h4-7H,1-3H2. The van der Waals surface area contributed by atoms with Crippen LogP contribution in [0.3, 0.4) is 0 Å². The van der Waals surface area contributed by atoms with E-state index in [0.29, 0.717) is 17.6 Å². The fraction of sp³-hybridized carbons (Fsp3) is 0.231. The van der Waals surface area contributed by atoms with Crippen LogP contribution in [0.15, 0.2) is 24.3 Å². The normalized spacial score (nSPS) is 15.2. The maximum atomic E-state index is 13.1. The Labute approximate surface area is 92.1 Å². The molecule has 0 saturated heterocycles. The van der Waals surface area contributed by atoms with E-state index >= 15 is 0 Å². The Kier molecular flexibility index (Phi) is 1.99. The number of ketones is 1. The predicted molar refractivity (Wildman–Crippen MR) is 59.0 cm³/mol. The quantitative estimate of drug-likeness (QED) is 0.676. The predicted octanol–water partition coefficient (Wildman–Crippen LogP) is 2.89. The molecule has 80 valence electrons. The van der Waals surface area contributed by atoms with Crippen molar-refractivity contribution in [3.63, 3.8) is 0 Å². The number of hydrogen-bond acceptors (Lipinski definition) is 2. The topological polar surface area (TPSA) is 30.0 Å². The first-order valence-corrected chi connectivity index (χ1v) is 5.36. The van der Waals surface area contributed by atoms with Crippen LogP contribution >= 0.6 is 0 Å². The highest BCUT2D eigenvalue weighted by Gasteiger charge is 2.19. The number of pyridine rings is 1. The second-order valence-corrected chi connectivity index (χ2v) is 4.11. The third-order valence-corrected chi connectivity index (χ3v) is 2.97. The largest absolute Gasteiger partial charge is 0.292 e. The molecular weight excluding hydrogens is 205 g/mol. The van der Waals surface area contributed by atoms with E-state index in [2.05, 4.69) is 4.98 Å². The van der Waals surface area contributed by atoms with Crippen LogP contribution in [0.4, 0.5) is 4.39 Å². The van der Waals surface area contributed by atoms with Crippen molar-refractivity contribution in [2.45, 2.75) is 19.3 Å². The van der Waals surface area contributed by atoms with Crippen LogP contribution in [0.5, 0.6) is 0 Å². The second-order valence-electron chi connectivity index (χ2n) is 4.11. The number of halogens is 1. The summed E-state index contributed by atoms with van der Waals surface area (Å²) in [5.41, 5.74) is 2.22. The first-order valence-electron chi connectivity index (χ1n) is 5.36. The third kappa shape index (κ3) is 1.40. The molecule has 0 aliphatic heterocycles. The number of aryl methyl sites for hydroxylation is 1. The molecule has 0 saturated carbocycles. The summed E-state index contributed by atoms with van der Waals surface area (Å²) in [4.78, 5) is 16.0. The molecule has 0 spiro atoms. The van der Waals surface area contributed by atoms with Crippen molar-refractivity contribution in [1.29, 1.82) is 0 Å². The van der Waals surface area contributed by atoms with E-state index < -0.39 is 0 Å². The molecule has 0 radical (unpaired) electrons. The first kappa shape index (κ1) is 9.46. The fourth-order valence-corrected chi connectivity index (χ4v) is 2.18. The van der Waals surface area contributed by atoms with Gasteiger partial charge in [0, 0.05) is 11.8 Å². The number of aromatic nitrogens is 1. The summed E-state index contributed by atoms with van der Waals surface area (Å²) >= 11 is 0. The SMILES string of the molecule is O=C1CCCc2cc3cc(F)ccc3nc21. The second kappa shape index (κ2) is 3.37. The van der Waals surface area contributed by atoms with Crippen molar-refractivity contribution in [3.05, 3.63) is 41.3 Å². The van der Waals surface area contributed by atoms with Gasteiger partial charge in [0.05, 0.1) is 5.52 Å². The average Bonchev–Trinajstić information content (AvgIpc) is 2.27. The van der Waals surface area contributed by atoms with Gasteiger partial charge in [-0.25, -0.2) is 9.37 Å². The summed E-state index contributed by atoms with van der Waals surface area (Å²) in [5, 5.41) is 0.772. The first-order chi connectivity index (χ1) is 7.74. The van der Waals surface area contributed by atoms with Crippen molar-refractivity contribution >= 4 is 16.7 Å². The molecule has 16 heavy (non-hydrogen) atoms. The molecule has 0 atom stereocenters. The molecule has 1 aliphatic rings. The van der Waals surface area contributed by atoms with Crippen molar-refractivity contribution in [1.82, 2.24) is 4.98 Å². The molecule has 3 heteroatoms. The van der Waals surface area contributed by atoms with Gasteiger partial charge in [0.25, 0.3) is 0 Å². The molecular formula is C13H10FNO. The number of benzene rings is 1. The maximum absolute atomic E-state index is 13.1.